The zero-order chi connectivity index (χ0) is 14.8. The molecule has 0 saturated heterocycles. The molecule has 0 amide bonds. The second-order valence-corrected chi connectivity index (χ2v) is 4.58. The molecule has 0 aliphatic heterocycles. The summed E-state index contributed by atoms with van der Waals surface area (Å²) in [6, 6.07) is 12.5. The van der Waals surface area contributed by atoms with E-state index in [9.17, 15) is 9.90 Å². The van der Waals surface area contributed by atoms with Gasteiger partial charge in [-0.25, -0.2) is 9.48 Å². The van der Waals surface area contributed by atoms with Crippen LogP contribution in [0.15, 0.2) is 42.5 Å². The largest absolute Gasteiger partial charge is 0.478 e. The average molecular weight is 283 g/mol. The van der Waals surface area contributed by atoms with Crippen LogP contribution in [0.2, 0.25) is 0 Å². The number of para-hydroxylation sites is 1. The van der Waals surface area contributed by atoms with Gasteiger partial charge in [-0.3, -0.25) is 0 Å². The van der Waals surface area contributed by atoms with Crippen molar-refractivity contribution in [3.8, 4) is 5.69 Å². The van der Waals surface area contributed by atoms with Crippen molar-refractivity contribution >= 4 is 17.0 Å². The molecule has 3 aromatic rings. The number of hydrogen-bond donors (Lipinski definition) is 1. The molecule has 0 saturated carbocycles. The molecular weight excluding hydrogens is 270 g/mol. The van der Waals surface area contributed by atoms with E-state index in [1.165, 1.54) is 4.68 Å². The fourth-order valence-electron chi connectivity index (χ4n) is 2.27. The van der Waals surface area contributed by atoms with Gasteiger partial charge in [-0.2, -0.15) is 0 Å². The minimum Gasteiger partial charge on any atom is -0.478 e. The number of methoxy groups -OCH3 is 1. The highest BCUT2D eigenvalue weighted by molar-refractivity contribution is 6.01. The molecule has 21 heavy (non-hydrogen) atoms. The van der Waals surface area contributed by atoms with Crippen molar-refractivity contribution in [2.75, 3.05) is 7.11 Å². The second-order valence-electron chi connectivity index (χ2n) is 4.58. The van der Waals surface area contributed by atoms with Crippen molar-refractivity contribution in [2.24, 2.45) is 0 Å². The first-order valence-corrected chi connectivity index (χ1v) is 6.36. The number of aromatic nitrogens is 3. The molecule has 1 N–H and O–H groups in total. The highest BCUT2D eigenvalue weighted by atomic mass is 16.5. The first-order valence-electron chi connectivity index (χ1n) is 6.36. The van der Waals surface area contributed by atoms with Crippen LogP contribution in [-0.2, 0) is 11.3 Å². The van der Waals surface area contributed by atoms with Crippen molar-refractivity contribution in [1.82, 2.24) is 15.0 Å². The normalized spacial score (nSPS) is 10.9. The molecule has 0 aliphatic carbocycles. The van der Waals surface area contributed by atoms with Gasteiger partial charge in [0, 0.05) is 7.11 Å². The highest BCUT2D eigenvalue weighted by Crippen LogP contribution is 2.21. The van der Waals surface area contributed by atoms with Crippen molar-refractivity contribution < 1.29 is 14.6 Å². The molecule has 2 aromatic carbocycles. The van der Waals surface area contributed by atoms with E-state index in [0.717, 1.165) is 11.3 Å². The Hall–Kier alpha value is -2.73. The zero-order valence-electron chi connectivity index (χ0n) is 11.4. The standard InChI is InChI=1S/C15H13N3O3/c1-21-9-10-4-2-5-11(8-10)18-14-12(15(19)20)6-3-7-13(14)16-17-18/h2-8H,9H2,1H3,(H,19,20). The molecule has 1 aromatic heterocycles. The van der Waals surface area contributed by atoms with E-state index in [4.69, 9.17) is 4.74 Å². The van der Waals surface area contributed by atoms with Crippen LogP contribution in [0.5, 0.6) is 0 Å². The van der Waals surface area contributed by atoms with Gasteiger partial charge in [0.25, 0.3) is 0 Å². The molecule has 6 heteroatoms. The minimum atomic E-state index is -1.00. The lowest BCUT2D eigenvalue weighted by Crippen LogP contribution is -2.04. The van der Waals surface area contributed by atoms with Gasteiger partial charge in [-0.1, -0.05) is 23.4 Å². The number of carboxylic acid groups (broad SMARTS) is 1. The zero-order valence-corrected chi connectivity index (χ0v) is 11.4. The van der Waals surface area contributed by atoms with Gasteiger partial charge in [0.05, 0.1) is 17.9 Å². The molecule has 106 valence electrons. The minimum absolute atomic E-state index is 0.176. The summed E-state index contributed by atoms with van der Waals surface area (Å²) in [5.41, 5.74) is 2.94. The van der Waals surface area contributed by atoms with Crippen molar-refractivity contribution in [2.45, 2.75) is 6.61 Å². The molecule has 0 spiro atoms. The van der Waals surface area contributed by atoms with Crippen molar-refractivity contribution in [3.05, 3.63) is 53.6 Å². The summed E-state index contributed by atoms with van der Waals surface area (Å²) in [6.45, 7) is 0.478. The Balaban J connectivity index is 2.21. The predicted molar refractivity (Wildman–Crippen MR) is 76.5 cm³/mol. The Morgan fingerprint density at radius 1 is 1.29 bits per heavy atom. The number of ether oxygens (including phenoxy) is 1. The maximum absolute atomic E-state index is 11.4. The molecule has 1 heterocycles. The smallest absolute Gasteiger partial charge is 0.337 e. The van der Waals surface area contributed by atoms with Crippen LogP contribution in [-0.4, -0.2) is 33.2 Å². The molecule has 3 rings (SSSR count). The van der Waals surface area contributed by atoms with Gasteiger partial charge < -0.3 is 9.84 Å². The van der Waals surface area contributed by atoms with E-state index in [-0.39, 0.29) is 5.56 Å². The number of fused-ring (bicyclic) bond motifs is 1. The Kier molecular flexibility index (Phi) is 3.37. The Morgan fingerprint density at radius 3 is 2.86 bits per heavy atom. The highest BCUT2D eigenvalue weighted by Gasteiger charge is 2.15. The SMILES string of the molecule is COCc1cccc(-n2nnc3cccc(C(=O)O)c32)c1. The summed E-state index contributed by atoms with van der Waals surface area (Å²) < 4.78 is 6.65. The number of hydrogen-bond acceptors (Lipinski definition) is 4. The van der Waals surface area contributed by atoms with Gasteiger partial charge in [0.15, 0.2) is 0 Å². The monoisotopic (exact) mass is 283 g/mol. The number of aromatic carboxylic acids is 1. The quantitative estimate of drug-likeness (QED) is 0.794. The topological polar surface area (TPSA) is 77.2 Å². The molecule has 0 unspecified atom stereocenters. The van der Waals surface area contributed by atoms with Gasteiger partial charge >= 0.3 is 5.97 Å². The van der Waals surface area contributed by atoms with Crippen LogP contribution in [0.4, 0.5) is 0 Å². The van der Waals surface area contributed by atoms with Crippen LogP contribution < -0.4 is 0 Å². The third-order valence-electron chi connectivity index (χ3n) is 3.16. The van der Waals surface area contributed by atoms with E-state index in [0.29, 0.717) is 17.6 Å². The number of benzene rings is 2. The number of carboxylic acids is 1. The van der Waals surface area contributed by atoms with Gasteiger partial charge in [-0.15, -0.1) is 5.10 Å². The molecule has 0 radical (unpaired) electrons. The lowest BCUT2D eigenvalue weighted by molar-refractivity contribution is 0.0698. The molecule has 0 aliphatic rings. The summed E-state index contributed by atoms with van der Waals surface area (Å²) in [7, 11) is 1.63. The first kappa shape index (κ1) is 13.3. The molecule has 0 atom stereocenters. The Bertz CT molecular complexity index is 811. The maximum Gasteiger partial charge on any atom is 0.337 e. The third kappa shape index (κ3) is 2.36. The van der Waals surface area contributed by atoms with E-state index in [2.05, 4.69) is 10.3 Å². The summed E-state index contributed by atoms with van der Waals surface area (Å²) in [5, 5.41) is 17.4. The number of rotatable bonds is 4. The lowest BCUT2D eigenvalue weighted by Gasteiger charge is -2.06. The summed E-state index contributed by atoms with van der Waals surface area (Å²) >= 11 is 0. The van der Waals surface area contributed by atoms with E-state index in [1.54, 1.807) is 25.3 Å². The summed E-state index contributed by atoms with van der Waals surface area (Å²) in [4.78, 5) is 11.4. The number of carbonyl (C=O) groups is 1. The number of nitrogens with zero attached hydrogens (tertiary/aromatic N) is 3. The average Bonchev–Trinajstić information content (AvgIpc) is 2.91. The van der Waals surface area contributed by atoms with E-state index >= 15 is 0 Å². The van der Waals surface area contributed by atoms with Crippen LogP contribution in [0.3, 0.4) is 0 Å². The van der Waals surface area contributed by atoms with E-state index in [1.807, 2.05) is 24.3 Å². The van der Waals surface area contributed by atoms with Crippen molar-refractivity contribution in [3.63, 3.8) is 0 Å². The molecule has 0 bridgehead atoms. The molecule has 0 fully saturated rings. The maximum atomic E-state index is 11.4. The Morgan fingerprint density at radius 2 is 2.10 bits per heavy atom. The van der Waals surface area contributed by atoms with E-state index < -0.39 is 5.97 Å². The fraction of sp³-hybridized carbons (Fsp3) is 0.133. The van der Waals surface area contributed by atoms with Gasteiger partial charge in [-0.05, 0) is 29.8 Å². The third-order valence-corrected chi connectivity index (χ3v) is 3.16. The predicted octanol–water partition coefficient (Wildman–Crippen LogP) is 2.27. The first-order chi connectivity index (χ1) is 10.2. The van der Waals surface area contributed by atoms with Crippen LogP contribution in [0, 0.1) is 0 Å². The van der Waals surface area contributed by atoms with Gasteiger partial charge in [0.2, 0.25) is 0 Å². The lowest BCUT2D eigenvalue weighted by atomic mass is 10.1. The summed E-state index contributed by atoms with van der Waals surface area (Å²) in [5.74, 6) is -1.00. The van der Waals surface area contributed by atoms with Crippen LogP contribution in [0.25, 0.3) is 16.7 Å². The summed E-state index contributed by atoms with van der Waals surface area (Å²) in [6.07, 6.45) is 0. The van der Waals surface area contributed by atoms with Crippen LogP contribution >= 0.6 is 0 Å². The molecular formula is C15H13N3O3. The van der Waals surface area contributed by atoms with Crippen LogP contribution in [0.1, 0.15) is 15.9 Å². The van der Waals surface area contributed by atoms with Gasteiger partial charge in [0.1, 0.15) is 11.0 Å². The second kappa shape index (κ2) is 5.34. The Labute approximate surface area is 120 Å². The fourth-order valence-corrected chi connectivity index (χ4v) is 2.27. The molecule has 6 nitrogen and oxygen atoms in total. The van der Waals surface area contributed by atoms with Crippen molar-refractivity contribution in [1.29, 1.82) is 0 Å².